The van der Waals surface area contributed by atoms with Gasteiger partial charge < -0.3 is 9.80 Å². The molecule has 2 fully saturated rings. The first-order valence-electron chi connectivity index (χ1n) is 8.20. The van der Waals surface area contributed by atoms with E-state index < -0.39 is 0 Å². The lowest BCUT2D eigenvalue weighted by Crippen LogP contribution is -2.48. The van der Waals surface area contributed by atoms with Gasteiger partial charge in [0.15, 0.2) is 0 Å². The molecular weight excluding hydrogens is 320 g/mol. The lowest BCUT2D eigenvalue weighted by molar-refractivity contribution is -0.131. The summed E-state index contributed by atoms with van der Waals surface area (Å²) < 4.78 is 0. The Bertz CT molecular complexity index is 495. The van der Waals surface area contributed by atoms with Crippen molar-refractivity contribution >= 4 is 34.0 Å². The third kappa shape index (κ3) is 3.71. The van der Waals surface area contributed by atoms with Gasteiger partial charge in [-0.15, -0.1) is 21.8 Å². The highest BCUT2D eigenvalue weighted by Gasteiger charge is 2.25. The van der Waals surface area contributed by atoms with E-state index >= 15 is 0 Å². The highest BCUT2D eigenvalue weighted by Crippen LogP contribution is 2.36. The number of alkyl halides is 1. The van der Waals surface area contributed by atoms with Gasteiger partial charge in [0.25, 0.3) is 0 Å². The highest BCUT2D eigenvalue weighted by molar-refractivity contribution is 7.15. The minimum absolute atomic E-state index is 0.162. The number of carbonyl (C=O) groups is 1. The summed E-state index contributed by atoms with van der Waals surface area (Å²) in [6.07, 6.45) is 6.96. The zero-order valence-corrected chi connectivity index (χ0v) is 14.4. The van der Waals surface area contributed by atoms with Gasteiger partial charge in [-0.2, -0.15) is 0 Å². The topological polar surface area (TPSA) is 49.3 Å². The minimum Gasteiger partial charge on any atom is -0.343 e. The number of carbonyl (C=O) groups excluding carboxylic acids is 1. The maximum absolute atomic E-state index is 11.8. The van der Waals surface area contributed by atoms with Crippen molar-refractivity contribution in [1.82, 2.24) is 15.1 Å². The van der Waals surface area contributed by atoms with Crippen LogP contribution >= 0.6 is 22.9 Å². The third-order valence-electron chi connectivity index (χ3n) is 4.60. The van der Waals surface area contributed by atoms with Crippen molar-refractivity contribution in [2.45, 2.75) is 44.4 Å². The molecule has 1 aromatic rings. The predicted octanol–water partition coefficient (Wildman–Crippen LogP) is 2.86. The summed E-state index contributed by atoms with van der Waals surface area (Å²) in [6, 6.07) is 0. The van der Waals surface area contributed by atoms with Gasteiger partial charge in [0, 0.05) is 44.4 Å². The Labute approximate surface area is 140 Å². The number of nitrogens with zero attached hydrogens (tertiary/aromatic N) is 4. The number of halogens is 1. The molecule has 0 spiro atoms. The Balaban J connectivity index is 1.55. The Morgan fingerprint density at radius 2 is 1.86 bits per heavy atom. The molecule has 0 atom stereocenters. The number of anilines is 1. The van der Waals surface area contributed by atoms with Crippen LogP contribution < -0.4 is 4.90 Å². The second-order valence-electron chi connectivity index (χ2n) is 6.06. The molecule has 1 aliphatic heterocycles. The lowest BCUT2D eigenvalue weighted by atomic mass is 9.90. The minimum atomic E-state index is 0.162. The van der Waals surface area contributed by atoms with Crippen LogP contribution in [-0.2, 0) is 4.79 Å². The van der Waals surface area contributed by atoms with E-state index in [1.54, 1.807) is 11.3 Å². The molecule has 0 aromatic carbocycles. The molecule has 1 aliphatic carbocycles. The standard InChI is InChI=1S/C15H23ClN4OS/c16-7-6-13(21)19-8-10-20(11-9-19)15-18-17-14(22-15)12-4-2-1-3-5-12/h12H,1-11H2. The third-order valence-corrected chi connectivity index (χ3v) is 5.93. The molecule has 2 aliphatic rings. The van der Waals surface area contributed by atoms with Crippen LogP contribution in [0.2, 0.25) is 0 Å². The number of piperazine rings is 1. The van der Waals surface area contributed by atoms with Crippen LogP contribution in [-0.4, -0.2) is 53.1 Å². The van der Waals surface area contributed by atoms with E-state index in [0.717, 1.165) is 31.3 Å². The van der Waals surface area contributed by atoms with E-state index in [2.05, 4.69) is 15.1 Å². The van der Waals surface area contributed by atoms with Crippen molar-refractivity contribution in [2.75, 3.05) is 37.0 Å². The smallest absolute Gasteiger partial charge is 0.223 e. The van der Waals surface area contributed by atoms with E-state index in [4.69, 9.17) is 11.6 Å². The van der Waals surface area contributed by atoms with Crippen LogP contribution in [0.1, 0.15) is 49.5 Å². The number of hydrogen-bond acceptors (Lipinski definition) is 5. The molecule has 0 bridgehead atoms. The number of hydrogen-bond donors (Lipinski definition) is 0. The maximum Gasteiger partial charge on any atom is 0.223 e. The molecule has 1 aromatic heterocycles. The monoisotopic (exact) mass is 342 g/mol. The van der Waals surface area contributed by atoms with Gasteiger partial charge in [0.05, 0.1) is 0 Å². The first kappa shape index (κ1) is 16.0. The molecule has 1 amide bonds. The summed E-state index contributed by atoms with van der Waals surface area (Å²) >= 11 is 7.39. The number of amides is 1. The fraction of sp³-hybridized carbons (Fsp3) is 0.800. The van der Waals surface area contributed by atoms with Gasteiger partial charge in [0.1, 0.15) is 5.01 Å². The molecule has 0 radical (unpaired) electrons. The Kier molecular flexibility index (Phi) is 5.52. The van der Waals surface area contributed by atoms with Gasteiger partial charge in [-0.25, -0.2) is 0 Å². The van der Waals surface area contributed by atoms with E-state index in [9.17, 15) is 4.79 Å². The van der Waals surface area contributed by atoms with Crippen molar-refractivity contribution < 1.29 is 4.79 Å². The summed E-state index contributed by atoms with van der Waals surface area (Å²) in [7, 11) is 0. The van der Waals surface area contributed by atoms with Crippen LogP contribution in [0.25, 0.3) is 0 Å². The maximum atomic E-state index is 11.8. The quantitative estimate of drug-likeness (QED) is 0.789. The predicted molar refractivity (Wildman–Crippen MR) is 89.9 cm³/mol. The Morgan fingerprint density at radius 3 is 2.55 bits per heavy atom. The first-order chi connectivity index (χ1) is 10.8. The van der Waals surface area contributed by atoms with E-state index in [-0.39, 0.29) is 5.91 Å². The molecule has 0 unspecified atom stereocenters. The van der Waals surface area contributed by atoms with Crippen LogP contribution in [0, 0.1) is 0 Å². The second-order valence-corrected chi connectivity index (χ2v) is 7.43. The molecule has 1 saturated carbocycles. The molecule has 22 heavy (non-hydrogen) atoms. The van der Waals surface area contributed by atoms with Gasteiger partial charge in [-0.1, -0.05) is 30.6 Å². The molecule has 3 rings (SSSR count). The van der Waals surface area contributed by atoms with Crippen LogP contribution in [0.5, 0.6) is 0 Å². The van der Waals surface area contributed by atoms with E-state index in [0.29, 0.717) is 18.2 Å². The zero-order valence-electron chi connectivity index (χ0n) is 12.8. The van der Waals surface area contributed by atoms with Gasteiger partial charge in [-0.05, 0) is 12.8 Å². The lowest BCUT2D eigenvalue weighted by Gasteiger charge is -2.34. The van der Waals surface area contributed by atoms with Crippen molar-refractivity contribution in [3.8, 4) is 0 Å². The largest absolute Gasteiger partial charge is 0.343 e. The Hall–Kier alpha value is -0.880. The number of aromatic nitrogens is 2. The molecular formula is C15H23ClN4OS. The molecule has 1 saturated heterocycles. The van der Waals surface area contributed by atoms with Crippen LogP contribution in [0.15, 0.2) is 0 Å². The molecule has 5 nitrogen and oxygen atoms in total. The van der Waals surface area contributed by atoms with Crippen molar-refractivity contribution in [3.05, 3.63) is 5.01 Å². The molecule has 2 heterocycles. The fourth-order valence-electron chi connectivity index (χ4n) is 3.25. The average molecular weight is 343 g/mol. The summed E-state index contributed by atoms with van der Waals surface area (Å²) in [5.74, 6) is 1.18. The van der Waals surface area contributed by atoms with E-state index in [1.807, 2.05) is 4.90 Å². The Morgan fingerprint density at radius 1 is 1.14 bits per heavy atom. The van der Waals surface area contributed by atoms with Gasteiger partial charge >= 0.3 is 0 Å². The summed E-state index contributed by atoms with van der Waals surface area (Å²) in [4.78, 5) is 16.0. The average Bonchev–Trinajstić information content (AvgIpc) is 3.06. The van der Waals surface area contributed by atoms with Crippen LogP contribution in [0.3, 0.4) is 0 Å². The molecule has 0 N–H and O–H groups in total. The normalized spacial score (nSPS) is 20.4. The SMILES string of the molecule is O=C(CCCl)N1CCN(c2nnc(C3CCCCC3)s2)CC1. The first-order valence-corrected chi connectivity index (χ1v) is 9.55. The van der Waals surface area contributed by atoms with Gasteiger partial charge in [-0.3, -0.25) is 4.79 Å². The summed E-state index contributed by atoms with van der Waals surface area (Å²) in [6.45, 7) is 3.20. The van der Waals surface area contributed by atoms with Crippen molar-refractivity contribution in [3.63, 3.8) is 0 Å². The summed E-state index contributed by atoms with van der Waals surface area (Å²) in [5.41, 5.74) is 0. The van der Waals surface area contributed by atoms with Crippen molar-refractivity contribution in [1.29, 1.82) is 0 Å². The van der Waals surface area contributed by atoms with E-state index in [1.165, 1.54) is 37.1 Å². The van der Waals surface area contributed by atoms with Crippen LogP contribution in [0.4, 0.5) is 5.13 Å². The number of rotatable bonds is 4. The second kappa shape index (κ2) is 7.59. The molecule has 7 heteroatoms. The zero-order chi connectivity index (χ0) is 15.4. The van der Waals surface area contributed by atoms with Gasteiger partial charge in [0.2, 0.25) is 11.0 Å². The summed E-state index contributed by atoms with van der Waals surface area (Å²) in [5, 5.41) is 11.0. The molecule has 122 valence electrons. The van der Waals surface area contributed by atoms with Crippen molar-refractivity contribution in [2.24, 2.45) is 0 Å². The highest BCUT2D eigenvalue weighted by atomic mass is 35.5. The fourth-order valence-corrected chi connectivity index (χ4v) is 4.48.